The number of rotatable bonds is 7. The summed E-state index contributed by atoms with van der Waals surface area (Å²) in [6.45, 7) is 0.219. The predicted octanol–water partition coefficient (Wildman–Crippen LogP) is 5.34. The van der Waals surface area contributed by atoms with Gasteiger partial charge in [-0.3, -0.25) is 14.9 Å². The molecule has 0 unspecified atom stereocenters. The second-order valence-electron chi connectivity index (χ2n) is 6.74. The maximum Gasteiger partial charge on any atom is 0.307 e. The number of non-ortho nitro benzene ring substituents is 1. The molecule has 0 saturated heterocycles. The van der Waals surface area contributed by atoms with Crippen LogP contribution in [0, 0.1) is 10.1 Å². The number of hydrogen-bond acceptors (Lipinski definition) is 6. The van der Waals surface area contributed by atoms with Crippen molar-refractivity contribution in [2.45, 2.75) is 6.61 Å². The number of halogens is 1. The highest BCUT2D eigenvalue weighted by Crippen LogP contribution is 2.23. The third-order valence-corrected chi connectivity index (χ3v) is 4.77. The lowest BCUT2D eigenvalue weighted by Gasteiger charge is -2.09. The van der Waals surface area contributed by atoms with Crippen molar-refractivity contribution >= 4 is 40.4 Å². The number of amides is 1. The number of para-hydroxylation sites is 1. The fourth-order valence-corrected chi connectivity index (χ4v) is 3.12. The Hall–Kier alpha value is -4.17. The predicted molar refractivity (Wildman–Crippen MR) is 120 cm³/mol. The molecule has 0 saturated carbocycles. The van der Waals surface area contributed by atoms with Crippen LogP contribution in [0.4, 0.5) is 5.69 Å². The first-order valence-electron chi connectivity index (χ1n) is 9.47. The van der Waals surface area contributed by atoms with E-state index in [1.807, 2.05) is 6.07 Å². The third kappa shape index (κ3) is 4.93. The molecule has 0 aliphatic heterocycles. The van der Waals surface area contributed by atoms with Gasteiger partial charge in [0.2, 0.25) is 0 Å². The molecule has 0 fully saturated rings. The molecular weight excluding hydrogens is 434 g/mol. The fraction of sp³-hybridized carbons (Fsp3) is 0.0435. The number of furan rings is 1. The molecule has 8 nitrogen and oxygen atoms in total. The highest BCUT2D eigenvalue weighted by Gasteiger charge is 2.12. The fourth-order valence-electron chi connectivity index (χ4n) is 2.94. The number of hydrogen-bond donors (Lipinski definition) is 1. The van der Waals surface area contributed by atoms with Crippen LogP contribution in [0.1, 0.15) is 21.7 Å². The van der Waals surface area contributed by atoms with Crippen molar-refractivity contribution in [2.75, 3.05) is 0 Å². The van der Waals surface area contributed by atoms with Gasteiger partial charge in [-0.25, -0.2) is 5.43 Å². The standard InChI is InChI=1S/C23H16ClN3O5/c24-18-7-10-21-17(11-18)12-22(32-21)23(28)26-25-13-16-3-1-2-4-20(16)31-14-15-5-8-19(9-6-15)27(29)30/h1-13H,14H2,(H,26,28). The molecule has 1 amide bonds. The molecule has 3 aromatic carbocycles. The molecule has 0 radical (unpaired) electrons. The second kappa shape index (κ2) is 9.32. The Morgan fingerprint density at radius 3 is 2.69 bits per heavy atom. The molecule has 1 heterocycles. The number of nitrogens with zero attached hydrogens (tertiary/aromatic N) is 2. The number of ether oxygens (including phenoxy) is 1. The first-order valence-corrected chi connectivity index (χ1v) is 9.85. The van der Waals surface area contributed by atoms with Gasteiger partial charge in [-0.05, 0) is 54.1 Å². The Labute approximate surface area is 187 Å². The number of nitro groups is 1. The van der Waals surface area contributed by atoms with Crippen molar-refractivity contribution < 1.29 is 18.9 Å². The van der Waals surface area contributed by atoms with Gasteiger partial charge in [0.1, 0.15) is 17.9 Å². The number of carbonyl (C=O) groups excluding carboxylic acids is 1. The molecule has 0 aliphatic carbocycles. The Morgan fingerprint density at radius 1 is 1.12 bits per heavy atom. The third-order valence-electron chi connectivity index (χ3n) is 4.53. The highest BCUT2D eigenvalue weighted by atomic mass is 35.5. The van der Waals surface area contributed by atoms with E-state index < -0.39 is 10.8 Å². The van der Waals surface area contributed by atoms with E-state index in [9.17, 15) is 14.9 Å². The van der Waals surface area contributed by atoms with Gasteiger partial charge in [-0.2, -0.15) is 5.10 Å². The van der Waals surface area contributed by atoms with Crippen molar-refractivity contribution in [3.63, 3.8) is 0 Å². The van der Waals surface area contributed by atoms with E-state index in [4.69, 9.17) is 20.8 Å². The summed E-state index contributed by atoms with van der Waals surface area (Å²) in [5, 5.41) is 16.0. The second-order valence-corrected chi connectivity index (χ2v) is 7.18. The van der Waals surface area contributed by atoms with Crippen LogP contribution in [0.25, 0.3) is 11.0 Å². The molecule has 0 bridgehead atoms. The summed E-state index contributed by atoms with van der Waals surface area (Å²) in [7, 11) is 0. The average Bonchev–Trinajstić information content (AvgIpc) is 3.22. The molecule has 32 heavy (non-hydrogen) atoms. The lowest BCUT2D eigenvalue weighted by molar-refractivity contribution is -0.384. The number of carbonyl (C=O) groups is 1. The van der Waals surface area contributed by atoms with Gasteiger partial charge in [0.05, 0.1) is 11.1 Å². The van der Waals surface area contributed by atoms with E-state index in [1.54, 1.807) is 54.6 Å². The highest BCUT2D eigenvalue weighted by molar-refractivity contribution is 6.31. The van der Waals surface area contributed by atoms with E-state index in [-0.39, 0.29) is 18.1 Å². The number of hydrazone groups is 1. The number of nitro benzene ring substituents is 1. The van der Waals surface area contributed by atoms with Gasteiger partial charge in [-0.1, -0.05) is 23.7 Å². The largest absolute Gasteiger partial charge is 0.488 e. The summed E-state index contributed by atoms with van der Waals surface area (Å²) in [5.74, 6) is 0.155. The summed E-state index contributed by atoms with van der Waals surface area (Å²) in [4.78, 5) is 22.6. The van der Waals surface area contributed by atoms with Crippen LogP contribution < -0.4 is 10.2 Å². The van der Waals surface area contributed by atoms with E-state index in [0.717, 1.165) is 10.9 Å². The van der Waals surface area contributed by atoms with Gasteiger partial charge in [-0.15, -0.1) is 0 Å². The van der Waals surface area contributed by atoms with Crippen molar-refractivity contribution in [2.24, 2.45) is 5.10 Å². The van der Waals surface area contributed by atoms with Gasteiger partial charge in [0.15, 0.2) is 5.76 Å². The van der Waals surface area contributed by atoms with Gasteiger partial charge < -0.3 is 9.15 Å². The minimum Gasteiger partial charge on any atom is -0.488 e. The van der Waals surface area contributed by atoms with Crippen molar-refractivity contribution in [3.8, 4) is 5.75 Å². The lowest BCUT2D eigenvalue weighted by atomic mass is 10.2. The molecule has 0 spiro atoms. The van der Waals surface area contributed by atoms with E-state index >= 15 is 0 Å². The molecule has 0 atom stereocenters. The summed E-state index contributed by atoms with van der Waals surface area (Å²) < 4.78 is 11.3. The summed E-state index contributed by atoms with van der Waals surface area (Å²) in [6.07, 6.45) is 1.46. The Balaban J connectivity index is 1.40. The van der Waals surface area contributed by atoms with Crippen LogP contribution in [-0.2, 0) is 6.61 Å². The smallest absolute Gasteiger partial charge is 0.307 e. The van der Waals surface area contributed by atoms with Crippen LogP contribution in [-0.4, -0.2) is 17.0 Å². The Kier molecular flexibility index (Phi) is 6.14. The summed E-state index contributed by atoms with van der Waals surface area (Å²) in [6, 6.07) is 19.9. The molecule has 9 heteroatoms. The van der Waals surface area contributed by atoms with Crippen LogP contribution in [0.15, 0.2) is 82.3 Å². The average molecular weight is 450 g/mol. The van der Waals surface area contributed by atoms with Crippen LogP contribution in [0.2, 0.25) is 5.02 Å². The normalized spacial score (nSPS) is 11.0. The maximum atomic E-state index is 12.3. The minimum atomic E-state index is -0.502. The zero-order chi connectivity index (χ0) is 22.5. The van der Waals surface area contributed by atoms with Gasteiger partial charge in [0, 0.05) is 28.1 Å². The maximum absolute atomic E-state index is 12.3. The monoisotopic (exact) mass is 449 g/mol. The first kappa shape index (κ1) is 21.1. The Bertz CT molecular complexity index is 1310. The molecular formula is C23H16ClN3O5. The van der Waals surface area contributed by atoms with Gasteiger partial charge >= 0.3 is 5.91 Å². The van der Waals surface area contributed by atoms with E-state index in [1.165, 1.54) is 18.3 Å². The number of fused-ring (bicyclic) bond motifs is 1. The van der Waals surface area contributed by atoms with Crippen LogP contribution >= 0.6 is 11.6 Å². The van der Waals surface area contributed by atoms with Crippen molar-refractivity contribution in [1.29, 1.82) is 0 Å². The SMILES string of the molecule is O=C(NN=Cc1ccccc1OCc1ccc([N+](=O)[O-])cc1)c1cc2cc(Cl)ccc2o1. The molecule has 4 rings (SSSR count). The number of benzene rings is 3. The van der Waals surface area contributed by atoms with Crippen molar-refractivity contribution in [3.05, 3.63) is 105 Å². The zero-order valence-corrected chi connectivity index (χ0v) is 17.3. The molecule has 1 aromatic heterocycles. The zero-order valence-electron chi connectivity index (χ0n) is 16.5. The van der Waals surface area contributed by atoms with E-state index in [0.29, 0.717) is 21.9 Å². The summed E-state index contributed by atoms with van der Waals surface area (Å²) in [5.41, 5.74) is 4.42. The topological polar surface area (TPSA) is 107 Å². The van der Waals surface area contributed by atoms with Crippen molar-refractivity contribution in [1.82, 2.24) is 5.43 Å². The summed E-state index contributed by atoms with van der Waals surface area (Å²) >= 11 is 5.95. The van der Waals surface area contributed by atoms with Crippen LogP contribution in [0.3, 0.4) is 0 Å². The lowest BCUT2D eigenvalue weighted by Crippen LogP contribution is -2.16. The molecule has 160 valence electrons. The van der Waals surface area contributed by atoms with E-state index in [2.05, 4.69) is 10.5 Å². The molecule has 1 N–H and O–H groups in total. The quantitative estimate of drug-likeness (QED) is 0.233. The van der Waals surface area contributed by atoms with Gasteiger partial charge in [0.25, 0.3) is 5.69 Å². The molecule has 0 aliphatic rings. The Morgan fingerprint density at radius 2 is 1.91 bits per heavy atom. The van der Waals surface area contributed by atoms with Crippen LogP contribution in [0.5, 0.6) is 5.75 Å². The first-order chi connectivity index (χ1) is 15.5. The molecule has 4 aromatic rings. The minimum absolute atomic E-state index is 0.0181. The number of nitrogens with one attached hydrogen (secondary N) is 1.